The van der Waals surface area contributed by atoms with Gasteiger partial charge in [-0.1, -0.05) is 6.92 Å². The Morgan fingerprint density at radius 3 is 0.958 bits per heavy atom. The van der Waals surface area contributed by atoms with Crippen LogP contribution in [0.25, 0.3) is 221 Å². The second-order valence-electron chi connectivity index (χ2n) is 34.6. The van der Waals surface area contributed by atoms with E-state index in [1.807, 2.05) is 156 Å². The molecule has 143 heavy (non-hydrogen) atoms. The zero-order chi connectivity index (χ0) is 98.4. The zero-order valence-corrected chi connectivity index (χ0v) is 81.9. The van der Waals surface area contributed by atoms with E-state index in [-0.39, 0.29) is 23.1 Å². The fraction of sp³-hybridized carbons (Fsp3) is 0.146. The molecule has 0 bridgehead atoms. The first kappa shape index (κ1) is 91.9. The number of carbonyl (C=O) groups excluding carboxylic acids is 4. The van der Waals surface area contributed by atoms with Gasteiger partial charge in [0.1, 0.15) is 44.8 Å². The average molecular weight is 1960 g/mol. The molecule has 0 aliphatic rings. The third-order valence-electron chi connectivity index (χ3n) is 23.5. The monoisotopic (exact) mass is 1960 g/mol. The molecule has 0 aliphatic carbocycles. The lowest BCUT2D eigenvalue weighted by Crippen LogP contribution is -2.11. The van der Waals surface area contributed by atoms with Gasteiger partial charge in [0.05, 0.1) is 105 Å². The summed E-state index contributed by atoms with van der Waals surface area (Å²) < 4.78 is 0. The highest BCUT2D eigenvalue weighted by atomic mass is 32.1. The number of ketones is 4. The summed E-state index contributed by atoms with van der Waals surface area (Å²) in [5.41, 5.74) is 27.0. The van der Waals surface area contributed by atoms with Crippen molar-refractivity contribution in [2.24, 2.45) is 0 Å². The molecule has 24 heterocycles. The van der Waals surface area contributed by atoms with Gasteiger partial charge in [-0.3, -0.25) is 79.4 Å². The molecule has 0 radical (unpaired) electrons. The summed E-state index contributed by atoms with van der Waals surface area (Å²) in [7, 11) is 8.04. The number of aromatic nitrogens is 28. The maximum Gasteiger partial charge on any atom is 0.181 e. The fourth-order valence-electron chi connectivity index (χ4n) is 16.5. The van der Waals surface area contributed by atoms with Gasteiger partial charge in [0.25, 0.3) is 0 Å². The molecular formula is C103H86N32O4S4. The van der Waals surface area contributed by atoms with Crippen LogP contribution in [0.4, 0.5) is 11.4 Å². The lowest BCUT2D eigenvalue weighted by molar-refractivity contribution is 0.101. The van der Waals surface area contributed by atoms with Crippen LogP contribution in [0, 0.1) is 0 Å². The highest BCUT2D eigenvalue weighted by Gasteiger charge is 2.26. The Morgan fingerprint density at radius 1 is 0.343 bits per heavy atom. The second kappa shape index (κ2) is 39.1. The fourth-order valence-corrected chi connectivity index (χ4v) is 20.2. The predicted octanol–water partition coefficient (Wildman–Crippen LogP) is 20.6. The molecule has 706 valence electrons. The molecule has 0 amide bonds. The van der Waals surface area contributed by atoms with Crippen molar-refractivity contribution in [2.75, 3.05) is 45.0 Å². The molecule has 0 unspecified atom stereocenters. The second-order valence-corrected chi connectivity index (χ2v) is 38.9. The third-order valence-corrected chi connectivity index (χ3v) is 28.3. The Labute approximate surface area is 828 Å². The number of rotatable bonds is 24. The smallest absolute Gasteiger partial charge is 0.181 e. The Morgan fingerprint density at radius 2 is 0.643 bits per heavy atom. The van der Waals surface area contributed by atoms with Crippen molar-refractivity contribution in [1.82, 2.24) is 151 Å². The Kier molecular flexibility index (Phi) is 25.1. The molecular weight excluding hydrogens is 1880 g/mol. The van der Waals surface area contributed by atoms with E-state index in [0.717, 1.165) is 217 Å². The molecule has 0 saturated heterocycles. The largest absolute Gasteiger partial charge is 0.382 e. The molecule has 0 aromatic carbocycles. The molecule has 40 heteroatoms. The van der Waals surface area contributed by atoms with E-state index in [1.54, 1.807) is 89.7 Å². The summed E-state index contributed by atoms with van der Waals surface area (Å²) in [5, 5.41) is 40.0. The maximum atomic E-state index is 11.8. The van der Waals surface area contributed by atoms with E-state index >= 15 is 0 Å². The molecule has 0 fully saturated rings. The number of hydrogen-bond acceptors (Lipinski definition) is 32. The van der Waals surface area contributed by atoms with Crippen LogP contribution >= 0.6 is 45.3 Å². The van der Waals surface area contributed by atoms with E-state index in [9.17, 15) is 19.2 Å². The zero-order valence-electron chi connectivity index (χ0n) is 78.6. The van der Waals surface area contributed by atoms with E-state index in [0.29, 0.717) is 71.4 Å². The number of thiophene rings is 4. The number of anilines is 2. The summed E-state index contributed by atoms with van der Waals surface area (Å²) in [4.78, 5) is 144. The standard InChI is InChI=1S/3C26H22N8OS.C25H20N8OS/c1-14(35)21-4-5-22(36-21)19-11-28-12-20-23(19)31-26(30-20)24-18-7-17(10-29-25(18)33-32-24)16-6-15(8-27-9-16)13-34(2)3;1-13(2)30-17-6-15(8-27-10-17)16-7-18-24(33-34-25(18)29-9-16)26-31-20-12-28-11-19(23(20)32-26)22-5-4-21(36-22)14(3)35;1-3-27-8-15-6-16(10-28-9-15)17-7-18-24(33-34-25(18)30-11-17)26-31-20-13-29-12-19(23(20)32-26)22-5-4-21(36-22)14(2)35;1-13(34)20-4-5-21(35-20)18-11-27-12-19-22(18)30-25(29-19)23-17-7-15(9-28-24(17)32-31-23)14-6-16(33(2)3)10-26-8-14/h4-12H,13H2,1-3H3,(H,30,31)(H,29,32,33);4-13,30H,1-3H3,(H,31,32)(H,29,33,34);4-7,9-13,27H,3,8H2,1-2H3,(H,31,32)(H,30,33,34);4-12H,1-3H3,(H,29,30)(H,28,31,32). The van der Waals surface area contributed by atoms with E-state index < -0.39 is 0 Å². The molecule has 24 aromatic rings. The Bertz CT molecular complexity index is 8750. The molecule has 24 rings (SSSR count). The highest BCUT2D eigenvalue weighted by Crippen LogP contribution is 2.43. The summed E-state index contributed by atoms with van der Waals surface area (Å²) >= 11 is 5.76. The van der Waals surface area contributed by atoms with Gasteiger partial charge in [-0.25, -0.2) is 39.9 Å². The molecule has 0 saturated carbocycles. The first-order valence-corrected chi connectivity index (χ1v) is 48.5. The topological polar surface area (TPSA) is 483 Å². The van der Waals surface area contributed by atoms with Crippen LogP contribution in [0.2, 0.25) is 0 Å². The van der Waals surface area contributed by atoms with Gasteiger partial charge < -0.3 is 40.4 Å². The van der Waals surface area contributed by atoms with Crippen LogP contribution in [0.3, 0.4) is 0 Å². The minimum atomic E-state index is 0.0436. The van der Waals surface area contributed by atoms with Crippen LogP contribution in [-0.2, 0) is 13.1 Å². The van der Waals surface area contributed by atoms with Crippen molar-refractivity contribution in [3.05, 3.63) is 252 Å². The van der Waals surface area contributed by atoms with Crippen LogP contribution < -0.4 is 15.5 Å². The number of carbonyl (C=O) groups is 4. The average Bonchev–Trinajstić information content (AvgIpc) is 1.62. The van der Waals surface area contributed by atoms with Crippen molar-refractivity contribution < 1.29 is 19.2 Å². The van der Waals surface area contributed by atoms with Gasteiger partial charge in [0, 0.05) is 212 Å². The van der Waals surface area contributed by atoms with Crippen molar-refractivity contribution in [3.8, 4) is 132 Å². The molecule has 24 aromatic heterocycles. The van der Waals surface area contributed by atoms with Crippen molar-refractivity contribution >= 4 is 168 Å². The van der Waals surface area contributed by atoms with Gasteiger partial charge in [0.2, 0.25) is 0 Å². The lowest BCUT2D eigenvalue weighted by Gasteiger charge is -2.12. The minimum absolute atomic E-state index is 0.0436. The molecule has 0 spiro atoms. The van der Waals surface area contributed by atoms with Crippen LogP contribution in [0.15, 0.2) is 221 Å². The Hall–Kier alpha value is -17.4. The van der Waals surface area contributed by atoms with Crippen LogP contribution in [0.5, 0.6) is 0 Å². The number of nitrogens with zero attached hydrogens (tertiary/aromatic N) is 22. The van der Waals surface area contributed by atoms with Crippen molar-refractivity contribution in [3.63, 3.8) is 0 Å². The molecule has 0 atom stereocenters. The van der Waals surface area contributed by atoms with Gasteiger partial charge in [0.15, 0.2) is 69.0 Å². The summed E-state index contributed by atoms with van der Waals surface area (Å²) in [6, 6.07) is 32.0. The molecule has 0 aliphatic heterocycles. The number of H-pyrrole nitrogens is 8. The van der Waals surface area contributed by atoms with E-state index in [2.05, 4.69) is 193 Å². The normalized spacial score (nSPS) is 11.5. The van der Waals surface area contributed by atoms with Crippen molar-refractivity contribution in [1.29, 1.82) is 0 Å². The van der Waals surface area contributed by atoms with Crippen molar-refractivity contribution in [2.45, 2.75) is 67.6 Å². The first-order chi connectivity index (χ1) is 69.5. The highest BCUT2D eigenvalue weighted by molar-refractivity contribution is 7.18. The summed E-state index contributed by atoms with van der Waals surface area (Å²) in [5.74, 6) is 2.74. The number of hydrogen-bond donors (Lipinski definition) is 10. The number of nitrogens with one attached hydrogen (secondary N) is 10. The van der Waals surface area contributed by atoms with E-state index in [4.69, 9.17) is 19.9 Å². The predicted molar refractivity (Wildman–Crippen MR) is 561 cm³/mol. The summed E-state index contributed by atoms with van der Waals surface area (Å²) in [6.07, 6.45) is 36.0. The van der Waals surface area contributed by atoms with Crippen LogP contribution in [-0.4, -0.2) is 209 Å². The number of pyridine rings is 12. The molecule has 10 N–H and O–H groups in total. The van der Waals surface area contributed by atoms with Gasteiger partial charge in [-0.2, -0.15) is 20.4 Å². The quantitative estimate of drug-likeness (QED) is 0.0251. The van der Waals surface area contributed by atoms with Crippen LogP contribution in [0.1, 0.15) is 98.3 Å². The van der Waals surface area contributed by atoms with Gasteiger partial charge in [-0.15, -0.1) is 45.3 Å². The lowest BCUT2D eigenvalue weighted by atomic mass is 10.1. The number of fused-ring (bicyclic) bond motifs is 8. The first-order valence-electron chi connectivity index (χ1n) is 45.3. The number of aromatic amines is 8. The number of Topliss-reactive ketones (excluding diaryl/α,β-unsaturated/α-hetero) is 4. The SMILES string of the molecule is CC(=O)c1ccc(-c2cncc3[nH]c(-c4[nH]nc5ncc(-c6cncc(CN(C)C)c6)cc45)nc23)s1.CC(=O)c1ccc(-c2cncc3[nH]c(-c4[nH]nc5ncc(-c6cncc(N(C)C)c6)cc45)nc23)s1.CC(=O)c1ccc(-c2cncc3[nH]c(-c4[nH]nc5ncc(-c6cncc(NC(C)C)c6)cc45)nc23)s1.CCNCc1cncc(-c2cnc3n[nH]c(-c4nc5c(-c6ccc(C(C)=O)s6)cncc5[nH]4)c3c2)c1. The third kappa shape index (κ3) is 18.9. The summed E-state index contributed by atoms with van der Waals surface area (Å²) in [6.45, 7) is 15.0. The maximum absolute atomic E-state index is 11.8. The number of imidazole rings is 4. The van der Waals surface area contributed by atoms with Gasteiger partial charge >= 0.3 is 0 Å². The van der Waals surface area contributed by atoms with Gasteiger partial charge in [-0.05, 0) is 170 Å². The Balaban J connectivity index is 0.000000113. The molecule has 36 nitrogen and oxygen atoms in total. The minimum Gasteiger partial charge on any atom is -0.382 e. The van der Waals surface area contributed by atoms with E-state index in [1.165, 1.54) is 45.3 Å².